The summed E-state index contributed by atoms with van der Waals surface area (Å²) >= 11 is 0. The molecular weight excluding hydrogens is 292 g/mol. The van der Waals surface area contributed by atoms with E-state index in [1.807, 2.05) is 30.3 Å². The van der Waals surface area contributed by atoms with Crippen LogP contribution in [0.25, 0.3) is 21.5 Å². The van der Waals surface area contributed by atoms with E-state index in [-0.39, 0.29) is 5.43 Å². The maximum Gasteiger partial charge on any atom is 0.310 e. The number of carboxylic acids is 1. The number of methoxy groups -OCH3 is 1. The molecule has 3 aromatic carbocycles. The molecule has 0 bridgehead atoms. The van der Waals surface area contributed by atoms with E-state index in [0.29, 0.717) is 27.5 Å². The Morgan fingerprint density at radius 2 is 1.78 bits per heavy atom. The Morgan fingerprint density at radius 1 is 1.09 bits per heavy atom. The van der Waals surface area contributed by atoms with Crippen LogP contribution in [0.5, 0.6) is 5.75 Å². The smallest absolute Gasteiger partial charge is 0.310 e. The summed E-state index contributed by atoms with van der Waals surface area (Å²) in [5.74, 6) is -1.19. The molecule has 0 aliphatic heterocycles. The molecule has 0 saturated heterocycles. The molecule has 0 fully saturated rings. The lowest BCUT2D eigenvalue weighted by Crippen LogP contribution is -2.08. The molecule has 4 heteroatoms. The van der Waals surface area contributed by atoms with Gasteiger partial charge < -0.3 is 9.84 Å². The van der Waals surface area contributed by atoms with E-state index < -0.39 is 11.9 Å². The molecular formula is C19H16O4. The summed E-state index contributed by atoms with van der Waals surface area (Å²) in [6, 6.07) is 14.4. The van der Waals surface area contributed by atoms with Crippen molar-refractivity contribution in [1.82, 2.24) is 0 Å². The highest BCUT2D eigenvalue weighted by Gasteiger charge is 2.17. The SMILES string of the molecule is COc1cc(C(C)C(=O)O)cc2ccc3ccccc3c(=O)c12. The largest absolute Gasteiger partial charge is 0.496 e. The summed E-state index contributed by atoms with van der Waals surface area (Å²) in [6.45, 7) is 1.61. The number of ether oxygens (including phenoxy) is 1. The number of carbonyl (C=O) groups is 1. The van der Waals surface area contributed by atoms with Gasteiger partial charge in [-0.25, -0.2) is 0 Å². The number of carboxylic acid groups (broad SMARTS) is 1. The molecule has 23 heavy (non-hydrogen) atoms. The molecule has 1 unspecified atom stereocenters. The fourth-order valence-corrected chi connectivity index (χ4v) is 2.75. The Morgan fingerprint density at radius 3 is 2.48 bits per heavy atom. The molecule has 3 rings (SSSR count). The van der Waals surface area contributed by atoms with Gasteiger partial charge in [-0.05, 0) is 35.4 Å². The van der Waals surface area contributed by atoms with Crippen molar-refractivity contribution in [2.24, 2.45) is 0 Å². The zero-order valence-electron chi connectivity index (χ0n) is 12.9. The van der Waals surface area contributed by atoms with E-state index in [1.165, 1.54) is 7.11 Å². The first-order valence-corrected chi connectivity index (χ1v) is 7.29. The van der Waals surface area contributed by atoms with Crippen LogP contribution in [0.3, 0.4) is 0 Å². The number of hydrogen-bond acceptors (Lipinski definition) is 3. The second-order valence-corrected chi connectivity index (χ2v) is 5.50. The third-order valence-electron chi connectivity index (χ3n) is 4.12. The Bertz CT molecular complexity index is 976. The van der Waals surface area contributed by atoms with E-state index in [1.54, 1.807) is 25.1 Å². The van der Waals surface area contributed by atoms with Gasteiger partial charge in [0.25, 0.3) is 0 Å². The van der Waals surface area contributed by atoms with Crippen LogP contribution in [-0.4, -0.2) is 18.2 Å². The van der Waals surface area contributed by atoms with Gasteiger partial charge in [0.1, 0.15) is 5.75 Å². The predicted molar refractivity (Wildman–Crippen MR) is 90.3 cm³/mol. The van der Waals surface area contributed by atoms with Crippen LogP contribution in [0, 0.1) is 0 Å². The minimum absolute atomic E-state index is 0.119. The number of fused-ring (bicyclic) bond motifs is 2. The van der Waals surface area contributed by atoms with Crippen LogP contribution < -0.4 is 10.2 Å². The highest BCUT2D eigenvalue weighted by atomic mass is 16.5. The van der Waals surface area contributed by atoms with Crippen LogP contribution in [0.2, 0.25) is 0 Å². The van der Waals surface area contributed by atoms with Crippen molar-refractivity contribution in [3.8, 4) is 5.75 Å². The van der Waals surface area contributed by atoms with E-state index in [0.717, 1.165) is 5.39 Å². The van der Waals surface area contributed by atoms with Gasteiger partial charge in [0, 0.05) is 5.39 Å². The van der Waals surface area contributed by atoms with Crippen molar-refractivity contribution in [2.75, 3.05) is 7.11 Å². The Labute approximate surface area is 132 Å². The molecule has 1 N–H and O–H groups in total. The molecule has 0 spiro atoms. The Balaban J connectivity index is 2.46. The second-order valence-electron chi connectivity index (χ2n) is 5.50. The van der Waals surface area contributed by atoms with Crippen molar-refractivity contribution in [1.29, 1.82) is 0 Å². The standard InChI is InChI=1S/C19H16O4/c1-11(19(21)22)14-9-13-8-7-12-5-3-4-6-15(12)18(20)17(13)16(10-14)23-2/h3-11H,1-2H3,(H,21,22). The molecule has 0 amide bonds. The van der Waals surface area contributed by atoms with E-state index >= 15 is 0 Å². The summed E-state index contributed by atoms with van der Waals surface area (Å²) in [7, 11) is 1.48. The van der Waals surface area contributed by atoms with E-state index in [4.69, 9.17) is 4.74 Å². The lowest BCUT2D eigenvalue weighted by atomic mass is 9.98. The van der Waals surface area contributed by atoms with Crippen molar-refractivity contribution in [2.45, 2.75) is 12.8 Å². The molecule has 0 radical (unpaired) electrons. The Kier molecular flexibility index (Phi) is 3.74. The average molecular weight is 308 g/mol. The van der Waals surface area contributed by atoms with Crippen LogP contribution >= 0.6 is 0 Å². The second kappa shape index (κ2) is 5.72. The van der Waals surface area contributed by atoms with Crippen molar-refractivity contribution >= 4 is 27.5 Å². The number of hydrogen-bond donors (Lipinski definition) is 1. The van der Waals surface area contributed by atoms with Crippen LogP contribution in [0.4, 0.5) is 0 Å². The molecule has 0 aliphatic carbocycles. The topological polar surface area (TPSA) is 63.6 Å². The third-order valence-corrected chi connectivity index (χ3v) is 4.12. The first kappa shape index (κ1) is 15.0. The van der Waals surface area contributed by atoms with Crippen LogP contribution in [0.1, 0.15) is 18.4 Å². The fourth-order valence-electron chi connectivity index (χ4n) is 2.75. The third kappa shape index (κ3) is 2.52. The van der Waals surface area contributed by atoms with Gasteiger partial charge in [0.15, 0.2) is 5.43 Å². The first-order chi connectivity index (χ1) is 11.0. The molecule has 0 aromatic heterocycles. The normalized spacial score (nSPS) is 12.3. The quantitative estimate of drug-likeness (QED) is 0.803. The van der Waals surface area contributed by atoms with Gasteiger partial charge in [-0.2, -0.15) is 0 Å². The van der Waals surface area contributed by atoms with Gasteiger partial charge in [0.2, 0.25) is 0 Å². The molecule has 0 heterocycles. The summed E-state index contributed by atoms with van der Waals surface area (Å²) in [6.07, 6.45) is 0. The summed E-state index contributed by atoms with van der Waals surface area (Å²) in [5.41, 5.74) is 0.489. The fraction of sp³-hybridized carbons (Fsp3) is 0.158. The number of aliphatic carboxylic acids is 1. The van der Waals surface area contributed by atoms with E-state index in [9.17, 15) is 14.7 Å². The van der Waals surface area contributed by atoms with Gasteiger partial charge in [0.05, 0.1) is 18.4 Å². The highest BCUT2D eigenvalue weighted by molar-refractivity contribution is 5.97. The summed E-state index contributed by atoms with van der Waals surface area (Å²) < 4.78 is 5.38. The average Bonchev–Trinajstić information content (AvgIpc) is 2.71. The van der Waals surface area contributed by atoms with Crippen LogP contribution in [-0.2, 0) is 4.79 Å². The Hall–Kier alpha value is -2.88. The maximum absolute atomic E-state index is 12.9. The first-order valence-electron chi connectivity index (χ1n) is 7.29. The molecule has 0 saturated carbocycles. The van der Waals surface area contributed by atoms with Gasteiger partial charge in [-0.3, -0.25) is 9.59 Å². The number of rotatable bonds is 3. The van der Waals surface area contributed by atoms with E-state index in [2.05, 4.69) is 0 Å². The number of benzene rings is 2. The van der Waals surface area contributed by atoms with Crippen molar-refractivity contribution < 1.29 is 14.6 Å². The molecule has 3 aromatic rings. The minimum Gasteiger partial charge on any atom is -0.496 e. The highest BCUT2D eigenvalue weighted by Crippen LogP contribution is 2.29. The van der Waals surface area contributed by atoms with Crippen LogP contribution in [0.15, 0.2) is 53.3 Å². The van der Waals surface area contributed by atoms with Gasteiger partial charge in [-0.1, -0.05) is 36.4 Å². The molecule has 0 aliphatic rings. The summed E-state index contributed by atoms with van der Waals surface area (Å²) in [5, 5.41) is 11.8. The van der Waals surface area contributed by atoms with Crippen molar-refractivity contribution in [3.63, 3.8) is 0 Å². The molecule has 4 nitrogen and oxygen atoms in total. The molecule has 116 valence electrons. The van der Waals surface area contributed by atoms with Gasteiger partial charge in [-0.15, -0.1) is 0 Å². The lowest BCUT2D eigenvalue weighted by molar-refractivity contribution is -0.138. The van der Waals surface area contributed by atoms with Gasteiger partial charge >= 0.3 is 5.97 Å². The monoisotopic (exact) mass is 308 g/mol. The molecule has 1 atom stereocenters. The van der Waals surface area contributed by atoms with Crippen molar-refractivity contribution in [3.05, 3.63) is 64.3 Å². The zero-order valence-corrected chi connectivity index (χ0v) is 12.9. The predicted octanol–water partition coefficient (Wildman–Crippen LogP) is 3.55. The zero-order chi connectivity index (χ0) is 16.6. The maximum atomic E-state index is 12.9. The lowest BCUT2D eigenvalue weighted by Gasteiger charge is -2.10. The minimum atomic E-state index is -0.917. The summed E-state index contributed by atoms with van der Waals surface area (Å²) in [4.78, 5) is 24.1.